The van der Waals surface area contributed by atoms with Crippen LogP contribution in [0, 0.1) is 11.3 Å². The van der Waals surface area contributed by atoms with Crippen molar-refractivity contribution < 1.29 is 17.9 Å². The lowest BCUT2D eigenvalue weighted by Crippen LogP contribution is -2.58. The molecular weight excluding hydrogens is 270 g/mol. The average molecular weight is 289 g/mol. The fourth-order valence-electron chi connectivity index (χ4n) is 1.75. The van der Waals surface area contributed by atoms with Crippen LogP contribution in [0.25, 0.3) is 0 Å². The second kappa shape index (κ2) is 6.32. The van der Waals surface area contributed by atoms with Crippen molar-refractivity contribution in [3.05, 3.63) is 0 Å². The fraction of sp³-hybridized carbons (Fsp3) is 0.818. The van der Waals surface area contributed by atoms with E-state index in [1.54, 1.807) is 19.9 Å². The van der Waals surface area contributed by atoms with Crippen molar-refractivity contribution in [1.29, 1.82) is 5.26 Å². The van der Waals surface area contributed by atoms with Crippen molar-refractivity contribution in [3.63, 3.8) is 0 Å². The highest BCUT2D eigenvalue weighted by Crippen LogP contribution is 2.16. The largest absolute Gasteiger partial charge is 0.378 e. The number of carbonyl (C=O) groups is 1. The molecule has 0 spiro atoms. The predicted molar refractivity (Wildman–Crippen MR) is 68.6 cm³/mol. The van der Waals surface area contributed by atoms with E-state index in [1.807, 2.05) is 0 Å². The third-order valence-electron chi connectivity index (χ3n) is 2.77. The van der Waals surface area contributed by atoms with Crippen LogP contribution in [0.2, 0.25) is 0 Å². The zero-order valence-corrected chi connectivity index (χ0v) is 12.1. The van der Waals surface area contributed by atoms with Crippen LogP contribution in [0.3, 0.4) is 0 Å². The Labute approximate surface area is 113 Å². The highest BCUT2D eigenvalue weighted by molar-refractivity contribution is 7.90. The minimum Gasteiger partial charge on any atom is -0.378 e. The van der Waals surface area contributed by atoms with Gasteiger partial charge in [0, 0.05) is 12.6 Å². The van der Waals surface area contributed by atoms with Gasteiger partial charge in [-0.3, -0.25) is 4.79 Å². The Hall–Kier alpha value is -1.17. The lowest BCUT2D eigenvalue weighted by Gasteiger charge is -2.34. The molecule has 1 amide bonds. The molecule has 0 bridgehead atoms. The standard InChI is InChI=1S/C11H19N3O4S/c1-8(2)13-11(15)10-7-18-5-4-14(10)19(16,17)9(3)6-12/h8-10H,4-5,7H2,1-3H3,(H,13,15). The number of sulfonamides is 1. The van der Waals surface area contributed by atoms with Gasteiger partial charge < -0.3 is 10.1 Å². The number of nitriles is 1. The lowest BCUT2D eigenvalue weighted by molar-refractivity contribution is -0.129. The molecule has 8 heteroatoms. The summed E-state index contributed by atoms with van der Waals surface area (Å²) in [5.74, 6) is -0.400. The van der Waals surface area contributed by atoms with Gasteiger partial charge in [-0.15, -0.1) is 0 Å². The Kier molecular flexibility index (Phi) is 5.29. The summed E-state index contributed by atoms with van der Waals surface area (Å²) in [6.45, 7) is 5.21. The Morgan fingerprint density at radius 3 is 2.63 bits per heavy atom. The van der Waals surface area contributed by atoms with Gasteiger partial charge >= 0.3 is 0 Å². The number of carbonyl (C=O) groups excluding carboxylic acids is 1. The summed E-state index contributed by atoms with van der Waals surface area (Å²) in [5, 5.41) is 10.3. The van der Waals surface area contributed by atoms with E-state index in [0.717, 1.165) is 4.31 Å². The Balaban J connectivity index is 2.96. The number of rotatable bonds is 4. The molecule has 0 aromatic heterocycles. The van der Waals surface area contributed by atoms with E-state index in [0.29, 0.717) is 0 Å². The molecule has 0 aromatic rings. The first kappa shape index (κ1) is 15.9. The molecule has 1 heterocycles. The zero-order chi connectivity index (χ0) is 14.6. The molecule has 0 radical (unpaired) electrons. The van der Waals surface area contributed by atoms with E-state index in [4.69, 9.17) is 10.00 Å². The van der Waals surface area contributed by atoms with E-state index < -0.39 is 27.2 Å². The minimum absolute atomic E-state index is 0.00985. The summed E-state index contributed by atoms with van der Waals surface area (Å²) >= 11 is 0. The Morgan fingerprint density at radius 2 is 2.11 bits per heavy atom. The van der Waals surface area contributed by atoms with Gasteiger partial charge in [0.15, 0.2) is 5.25 Å². The quantitative estimate of drug-likeness (QED) is 0.749. The molecule has 1 aliphatic heterocycles. The molecule has 1 N–H and O–H groups in total. The molecule has 2 atom stereocenters. The first-order valence-corrected chi connectivity index (χ1v) is 7.59. The van der Waals surface area contributed by atoms with E-state index in [9.17, 15) is 13.2 Å². The molecule has 0 aromatic carbocycles. The molecule has 108 valence electrons. The normalized spacial score (nSPS) is 22.8. The van der Waals surface area contributed by atoms with Gasteiger partial charge in [0.1, 0.15) is 6.04 Å². The van der Waals surface area contributed by atoms with Crippen molar-refractivity contribution in [1.82, 2.24) is 9.62 Å². The van der Waals surface area contributed by atoms with Crippen LogP contribution in [0.5, 0.6) is 0 Å². The van der Waals surface area contributed by atoms with Gasteiger partial charge in [-0.25, -0.2) is 8.42 Å². The number of nitrogens with zero attached hydrogens (tertiary/aromatic N) is 2. The smallest absolute Gasteiger partial charge is 0.241 e. The summed E-state index contributed by atoms with van der Waals surface area (Å²) in [7, 11) is -3.81. The van der Waals surface area contributed by atoms with Crippen molar-refractivity contribution in [3.8, 4) is 6.07 Å². The van der Waals surface area contributed by atoms with Crippen LogP contribution in [0.1, 0.15) is 20.8 Å². The van der Waals surface area contributed by atoms with Gasteiger partial charge in [-0.2, -0.15) is 9.57 Å². The first-order valence-electron chi connectivity index (χ1n) is 6.09. The molecule has 0 saturated carbocycles. The second-order valence-electron chi connectivity index (χ2n) is 4.68. The average Bonchev–Trinajstić information content (AvgIpc) is 2.36. The van der Waals surface area contributed by atoms with Gasteiger partial charge in [-0.1, -0.05) is 0 Å². The number of ether oxygens (including phenoxy) is 1. The van der Waals surface area contributed by atoms with E-state index in [1.165, 1.54) is 6.92 Å². The molecule has 1 saturated heterocycles. The summed E-state index contributed by atoms with van der Waals surface area (Å²) in [5.41, 5.74) is 0. The fourth-order valence-corrected chi connectivity index (χ4v) is 3.13. The third kappa shape index (κ3) is 3.65. The summed E-state index contributed by atoms with van der Waals surface area (Å²) < 4.78 is 30.6. The van der Waals surface area contributed by atoms with Crippen LogP contribution in [0.15, 0.2) is 0 Å². The number of morpholine rings is 1. The summed E-state index contributed by atoms with van der Waals surface area (Å²) in [6, 6.07) is 0.705. The maximum atomic E-state index is 12.2. The van der Waals surface area contributed by atoms with Gasteiger partial charge in [0.2, 0.25) is 15.9 Å². The maximum Gasteiger partial charge on any atom is 0.241 e. The van der Waals surface area contributed by atoms with Crippen LogP contribution in [-0.2, 0) is 19.6 Å². The summed E-state index contributed by atoms with van der Waals surface area (Å²) in [4.78, 5) is 12.0. The SMILES string of the molecule is CC(C)NC(=O)C1COCCN1S(=O)(=O)C(C)C#N. The molecule has 1 fully saturated rings. The van der Waals surface area contributed by atoms with E-state index >= 15 is 0 Å². The number of nitrogens with one attached hydrogen (secondary N) is 1. The number of hydrogen-bond acceptors (Lipinski definition) is 5. The highest BCUT2D eigenvalue weighted by atomic mass is 32.2. The summed E-state index contributed by atoms with van der Waals surface area (Å²) in [6.07, 6.45) is 0. The van der Waals surface area contributed by atoms with Crippen LogP contribution < -0.4 is 5.32 Å². The first-order chi connectivity index (χ1) is 8.80. The molecule has 1 aliphatic rings. The minimum atomic E-state index is -3.81. The van der Waals surface area contributed by atoms with Crippen LogP contribution in [0.4, 0.5) is 0 Å². The Bertz CT molecular complexity index is 469. The monoisotopic (exact) mass is 289 g/mol. The molecule has 19 heavy (non-hydrogen) atoms. The topological polar surface area (TPSA) is 99.5 Å². The molecule has 1 rings (SSSR count). The van der Waals surface area contributed by atoms with Crippen LogP contribution in [-0.4, -0.2) is 55.7 Å². The van der Waals surface area contributed by atoms with Crippen molar-refractivity contribution in [2.24, 2.45) is 0 Å². The van der Waals surface area contributed by atoms with Gasteiger partial charge in [0.05, 0.1) is 19.3 Å². The molecule has 2 unspecified atom stereocenters. The van der Waals surface area contributed by atoms with Gasteiger partial charge in [-0.05, 0) is 20.8 Å². The third-order valence-corrected chi connectivity index (χ3v) is 4.86. The Morgan fingerprint density at radius 1 is 1.47 bits per heavy atom. The maximum absolute atomic E-state index is 12.2. The number of hydrogen-bond donors (Lipinski definition) is 1. The van der Waals surface area contributed by atoms with E-state index in [2.05, 4.69) is 5.32 Å². The highest BCUT2D eigenvalue weighted by Gasteiger charge is 2.40. The van der Waals surface area contributed by atoms with Crippen molar-refractivity contribution >= 4 is 15.9 Å². The second-order valence-corrected chi connectivity index (χ2v) is 6.89. The van der Waals surface area contributed by atoms with Crippen LogP contribution >= 0.6 is 0 Å². The molecule has 0 aliphatic carbocycles. The van der Waals surface area contributed by atoms with E-state index in [-0.39, 0.29) is 25.8 Å². The lowest BCUT2D eigenvalue weighted by atomic mass is 10.2. The zero-order valence-electron chi connectivity index (χ0n) is 11.3. The predicted octanol–water partition coefficient (Wildman–Crippen LogP) is -0.546. The van der Waals surface area contributed by atoms with Crippen molar-refractivity contribution in [2.75, 3.05) is 19.8 Å². The molecule has 7 nitrogen and oxygen atoms in total. The van der Waals surface area contributed by atoms with Crippen molar-refractivity contribution in [2.45, 2.75) is 38.1 Å². The van der Waals surface area contributed by atoms with Gasteiger partial charge in [0.25, 0.3) is 0 Å². The number of amides is 1. The molecular formula is C11H19N3O4S.